The van der Waals surface area contributed by atoms with Gasteiger partial charge in [-0.15, -0.1) is 0 Å². The van der Waals surface area contributed by atoms with Crippen molar-refractivity contribution in [3.63, 3.8) is 0 Å². The first-order chi connectivity index (χ1) is 14.1. The summed E-state index contributed by atoms with van der Waals surface area (Å²) in [6.45, 7) is 13.1. The van der Waals surface area contributed by atoms with Gasteiger partial charge in [0.2, 0.25) is 0 Å². The number of aromatic nitrogens is 1. The van der Waals surface area contributed by atoms with E-state index in [-0.39, 0.29) is 0 Å². The van der Waals surface area contributed by atoms with E-state index >= 15 is 0 Å². The third-order valence-electron chi connectivity index (χ3n) is 6.17. The maximum Gasteiger partial charge on any atom is 0.0705 e. The second kappa shape index (κ2) is 8.89. The van der Waals surface area contributed by atoms with Gasteiger partial charge in [0.1, 0.15) is 0 Å². The van der Waals surface area contributed by atoms with Crippen molar-refractivity contribution in [1.29, 1.82) is 0 Å². The molecule has 2 heterocycles. The van der Waals surface area contributed by atoms with Crippen LogP contribution in [-0.2, 0) is 13.1 Å². The lowest BCUT2D eigenvalue weighted by Gasteiger charge is -2.34. The van der Waals surface area contributed by atoms with E-state index in [1.54, 1.807) is 0 Å². The quantitative estimate of drug-likeness (QED) is 0.617. The van der Waals surface area contributed by atoms with Crippen LogP contribution in [0.2, 0.25) is 0 Å². The number of hydrogen-bond donors (Lipinski definition) is 0. The van der Waals surface area contributed by atoms with Crippen LogP contribution in [-0.4, -0.2) is 41.0 Å². The van der Waals surface area contributed by atoms with Crippen molar-refractivity contribution in [2.75, 3.05) is 26.2 Å². The van der Waals surface area contributed by atoms with Gasteiger partial charge < -0.3 is 0 Å². The Labute approximate surface area is 175 Å². The minimum atomic E-state index is 0.999. The molecule has 1 fully saturated rings. The molecule has 2 aromatic carbocycles. The highest BCUT2D eigenvalue weighted by Crippen LogP contribution is 2.24. The molecule has 0 N–H and O–H groups in total. The van der Waals surface area contributed by atoms with Gasteiger partial charge in [-0.2, -0.15) is 0 Å². The largest absolute Gasteiger partial charge is 0.297 e. The van der Waals surface area contributed by atoms with E-state index in [2.05, 4.69) is 90.2 Å². The molecule has 0 bridgehead atoms. The van der Waals surface area contributed by atoms with Crippen molar-refractivity contribution in [3.05, 3.63) is 88.6 Å². The normalized spacial score (nSPS) is 15.6. The molecule has 3 aromatic rings. The van der Waals surface area contributed by atoms with Gasteiger partial charge in [0.05, 0.1) is 5.69 Å². The Balaban J connectivity index is 1.38. The Bertz CT molecular complexity index is 934. The average molecular weight is 386 g/mol. The second-order valence-corrected chi connectivity index (χ2v) is 8.32. The summed E-state index contributed by atoms with van der Waals surface area (Å²) in [5, 5.41) is 0. The lowest BCUT2D eigenvalue weighted by atomic mass is 9.98. The average Bonchev–Trinajstić information content (AvgIpc) is 2.74. The molecule has 150 valence electrons. The molecule has 1 aliphatic rings. The van der Waals surface area contributed by atoms with E-state index in [4.69, 9.17) is 0 Å². The fourth-order valence-electron chi connectivity index (χ4n) is 4.12. The molecule has 0 saturated carbocycles. The van der Waals surface area contributed by atoms with Gasteiger partial charge in [-0.25, -0.2) is 0 Å². The second-order valence-electron chi connectivity index (χ2n) is 8.32. The van der Waals surface area contributed by atoms with E-state index in [9.17, 15) is 0 Å². The smallest absolute Gasteiger partial charge is 0.0705 e. The maximum atomic E-state index is 4.65. The highest BCUT2D eigenvalue weighted by atomic mass is 15.3. The number of piperazine rings is 1. The van der Waals surface area contributed by atoms with Crippen molar-refractivity contribution >= 4 is 0 Å². The van der Waals surface area contributed by atoms with Crippen LogP contribution in [0.25, 0.3) is 11.3 Å². The molecular weight excluding hydrogens is 354 g/mol. The van der Waals surface area contributed by atoms with Crippen LogP contribution in [0.3, 0.4) is 0 Å². The topological polar surface area (TPSA) is 19.4 Å². The van der Waals surface area contributed by atoms with Gasteiger partial charge in [0.15, 0.2) is 0 Å². The summed E-state index contributed by atoms with van der Waals surface area (Å²) in [6, 6.07) is 19.7. The molecule has 0 radical (unpaired) electrons. The zero-order valence-electron chi connectivity index (χ0n) is 17.9. The molecule has 0 amide bonds. The third kappa shape index (κ3) is 4.92. The molecule has 0 aliphatic carbocycles. The number of hydrogen-bond acceptors (Lipinski definition) is 3. The van der Waals surface area contributed by atoms with E-state index in [1.165, 1.54) is 33.4 Å². The molecule has 3 nitrogen and oxygen atoms in total. The predicted molar refractivity (Wildman–Crippen MR) is 121 cm³/mol. The number of benzene rings is 2. The number of pyridine rings is 1. The standard InChI is InChI=1S/C26H31N3/c1-20-15-25(16-21(2)22(20)3)26-17-24(9-10-27-26)19-29-13-11-28(12-14-29)18-23-7-5-4-6-8-23/h4-10,15-17H,11-14,18-19H2,1-3H3. The highest BCUT2D eigenvalue weighted by Gasteiger charge is 2.17. The Morgan fingerprint density at radius 1 is 0.724 bits per heavy atom. The van der Waals surface area contributed by atoms with Crippen LogP contribution >= 0.6 is 0 Å². The van der Waals surface area contributed by atoms with Crippen LogP contribution < -0.4 is 0 Å². The SMILES string of the molecule is Cc1cc(-c2cc(CN3CCN(Cc4ccccc4)CC3)ccn2)cc(C)c1C. The molecule has 0 atom stereocenters. The van der Waals surface area contributed by atoms with E-state index in [0.717, 1.165) is 45.0 Å². The van der Waals surface area contributed by atoms with Crippen LogP contribution in [0.5, 0.6) is 0 Å². The molecule has 0 spiro atoms. The van der Waals surface area contributed by atoms with Crippen molar-refractivity contribution in [2.45, 2.75) is 33.9 Å². The first-order valence-corrected chi connectivity index (χ1v) is 10.6. The summed E-state index contributed by atoms with van der Waals surface area (Å²) in [4.78, 5) is 9.77. The minimum Gasteiger partial charge on any atom is -0.297 e. The molecule has 29 heavy (non-hydrogen) atoms. The number of aryl methyl sites for hydroxylation is 2. The summed E-state index contributed by atoms with van der Waals surface area (Å²) < 4.78 is 0. The Kier molecular flexibility index (Phi) is 6.08. The van der Waals surface area contributed by atoms with Gasteiger partial charge >= 0.3 is 0 Å². The van der Waals surface area contributed by atoms with Crippen LogP contribution in [0, 0.1) is 20.8 Å². The molecule has 1 aromatic heterocycles. The summed E-state index contributed by atoms with van der Waals surface area (Å²) >= 11 is 0. The third-order valence-corrected chi connectivity index (χ3v) is 6.17. The minimum absolute atomic E-state index is 0.999. The molecule has 4 rings (SSSR count). The Morgan fingerprint density at radius 2 is 1.31 bits per heavy atom. The Morgan fingerprint density at radius 3 is 1.93 bits per heavy atom. The van der Waals surface area contributed by atoms with Gasteiger partial charge in [0.25, 0.3) is 0 Å². The molecular formula is C26H31N3. The van der Waals surface area contributed by atoms with Crippen molar-refractivity contribution in [3.8, 4) is 11.3 Å². The summed E-state index contributed by atoms with van der Waals surface area (Å²) in [7, 11) is 0. The monoisotopic (exact) mass is 385 g/mol. The van der Waals surface area contributed by atoms with E-state index in [1.807, 2.05) is 6.20 Å². The van der Waals surface area contributed by atoms with Crippen molar-refractivity contribution in [1.82, 2.24) is 14.8 Å². The summed E-state index contributed by atoms with van der Waals surface area (Å²) in [5.41, 5.74) is 9.10. The van der Waals surface area contributed by atoms with E-state index < -0.39 is 0 Å². The Hall–Kier alpha value is -2.49. The van der Waals surface area contributed by atoms with Crippen LogP contribution in [0.15, 0.2) is 60.8 Å². The first kappa shape index (κ1) is 19.8. The fourth-order valence-corrected chi connectivity index (χ4v) is 4.12. The number of nitrogens with zero attached hydrogens (tertiary/aromatic N) is 3. The zero-order valence-corrected chi connectivity index (χ0v) is 17.9. The van der Waals surface area contributed by atoms with E-state index in [0.29, 0.717) is 0 Å². The fraction of sp³-hybridized carbons (Fsp3) is 0.346. The lowest BCUT2D eigenvalue weighted by molar-refractivity contribution is 0.122. The lowest BCUT2D eigenvalue weighted by Crippen LogP contribution is -2.45. The summed E-state index contributed by atoms with van der Waals surface area (Å²) in [6.07, 6.45) is 1.96. The highest BCUT2D eigenvalue weighted by molar-refractivity contribution is 5.63. The molecule has 1 aliphatic heterocycles. The zero-order chi connectivity index (χ0) is 20.2. The van der Waals surface area contributed by atoms with Gasteiger partial charge in [-0.3, -0.25) is 14.8 Å². The molecule has 1 saturated heterocycles. The first-order valence-electron chi connectivity index (χ1n) is 10.6. The van der Waals surface area contributed by atoms with Crippen molar-refractivity contribution < 1.29 is 0 Å². The van der Waals surface area contributed by atoms with Crippen LogP contribution in [0.1, 0.15) is 27.8 Å². The number of rotatable bonds is 5. The van der Waals surface area contributed by atoms with Crippen LogP contribution in [0.4, 0.5) is 0 Å². The molecule has 3 heteroatoms. The predicted octanol–water partition coefficient (Wildman–Crippen LogP) is 4.99. The van der Waals surface area contributed by atoms with Gasteiger partial charge in [0, 0.05) is 51.0 Å². The van der Waals surface area contributed by atoms with Crippen molar-refractivity contribution in [2.24, 2.45) is 0 Å². The molecule has 0 unspecified atom stereocenters. The summed E-state index contributed by atoms with van der Waals surface area (Å²) in [5.74, 6) is 0. The maximum absolute atomic E-state index is 4.65. The van der Waals surface area contributed by atoms with Gasteiger partial charge in [-0.05, 0) is 72.9 Å². The van der Waals surface area contributed by atoms with Gasteiger partial charge in [-0.1, -0.05) is 30.3 Å².